The minimum atomic E-state index is -0.515. The van der Waals surface area contributed by atoms with Gasteiger partial charge in [0.05, 0.1) is 12.2 Å². The molecule has 5 heteroatoms. The van der Waals surface area contributed by atoms with Crippen LogP contribution < -0.4 is 4.74 Å². The van der Waals surface area contributed by atoms with Crippen LogP contribution in [0.3, 0.4) is 0 Å². The van der Waals surface area contributed by atoms with Crippen LogP contribution in [0.2, 0.25) is 5.02 Å². The molecule has 1 aliphatic heterocycles. The van der Waals surface area contributed by atoms with E-state index in [1.165, 1.54) is 0 Å². The molecule has 1 heterocycles. The lowest BCUT2D eigenvalue weighted by molar-refractivity contribution is -0.0786. The second-order valence-electron chi connectivity index (χ2n) is 5.85. The number of aliphatic hydroxyl groups excluding tert-OH is 1. The molecule has 118 valence electrons. The lowest BCUT2D eigenvalue weighted by Crippen LogP contribution is -2.48. The zero-order chi connectivity index (χ0) is 15.4. The highest BCUT2D eigenvalue weighted by Crippen LogP contribution is 2.21. The van der Waals surface area contributed by atoms with E-state index in [0.29, 0.717) is 6.54 Å². The van der Waals surface area contributed by atoms with Gasteiger partial charge in [0.25, 0.3) is 0 Å². The van der Waals surface area contributed by atoms with Crippen molar-refractivity contribution in [1.29, 1.82) is 0 Å². The zero-order valence-electron chi connectivity index (χ0n) is 12.9. The van der Waals surface area contributed by atoms with E-state index in [1.807, 2.05) is 25.1 Å². The monoisotopic (exact) mass is 313 g/mol. The van der Waals surface area contributed by atoms with Gasteiger partial charge in [-0.05, 0) is 44.5 Å². The molecule has 4 nitrogen and oxygen atoms in total. The molecule has 1 aromatic carbocycles. The first-order valence-corrected chi connectivity index (χ1v) is 7.76. The largest absolute Gasteiger partial charge is 0.491 e. The van der Waals surface area contributed by atoms with E-state index >= 15 is 0 Å². The Balaban J connectivity index is 1.79. The van der Waals surface area contributed by atoms with Crippen molar-refractivity contribution in [2.45, 2.75) is 39.1 Å². The number of aryl methyl sites for hydroxylation is 1. The van der Waals surface area contributed by atoms with Gasteiger partial charge in [-0.15, -0.1) is 0 Å². The van der Waals surface area contributed by atoms with Crippen LogP contribution in [0, 0.1) is 6.92 Å². The van der Waals surface area contributed by atoms with Gasteiger partial charge >= 0.3 is 0 Å². The Morgan fingerprint density at radius 3 is 2.67 bits per heavy atom. The molecule has 1 N–H and O–H groups in total. The Kier molecular flexibility index (Phi) is 5.88. The third-order valence-electron chi connectivity index (χ3n) is 3.54. The summed E-state index contributed by atoms with van der Waals surface area (Å²) in [4.78, 5) is 2.22. The number of ether oxygens (including phenoxy) is 2. The molecule has 0 radical (unpaired) electrons. The topological polar surface area (TPSA) is 41.9 Å². The summed E-state index contributed by atoms with van der Waals surface area (Å²) in [6.45, 7) is 8.63. The highest BCUT2D eigenvalue weighted by Gasteiger charge is 2.23. The predicted molar refractivity (Wildman–Crippen MR) is 84.1 cm³/mol. The van der Waals surface area contributed by atoms with Crippen LogP contribution in [0.5, 0.6) is 5.75 Å². The first-order chi connectivity index (χ1) is 9.94. The number of aliphatic hydroxyl groups is 1. The fourth-order valence-corrected chi connectivity index (χ4v) is 2.80. The average molecular weight is 314 g/mol. The summed E-state index contributed by atoms with van der Waals surface area (Å²) >= 11 is 5.98. The first-order valence-electron chi connectivity index (χ1n) is 7.39. The summed E-state index contributed by atoms with van der Waals surface area (Å²) in [6.07, 6.45) is -0.0972. The zero-order valence-corrected chi connectivity index (χ0v) is 13.6. The summed E-state index contributed by atoms with van der Waals surface area (Å²) < 4.78 is 11.3. The summed E-state index contributed by atoms with van der Waals surface area (Å²) in [5.41, 5.74) is 0.972. The van der Waals surface area contributed by atoms with Gasteiger partial charge in [0.2, 0.25) is 0 Å². The summed E-state index contributed by atoms with van der Waals surface area (Å²) in [6, 6.07) is 5.51. The van der Waals surface area contributed by atoms with Gasteiger partial charge in [-0.3, -0.25) is 4.90 Å². The van der Waals surface area contributed by atoms with E-state index in [9.17, 15) is 5.11 Å². The molecule has 1 aromatic rings. The lowest BCUT2D eigenvalue weighted by atomic mass is 10.2. The van der Waals surface area contributed by atoms with Crippen molar-refractivity contribution in [2.75, 3.05) is 26.2 Å². The number of halogens is 1. The van der Waals surface area contributed by atoms with Crippen molar-refractivity contribution in [2.24, 2.45) is 0 Å². The fourth-order valence-electron chi connectivity index (χ4n) is 2.68. The van der Waals surface area contributed by atoms with E-state index < -0.39 is 6.10 Å². The molecule has 1 aliphatic rings. The van der Waals surface area contributed by atoms with Gasteiger partial charge in [0, 0.05) is 24.7 Å². The van der Waals surface area contributed by atoms with E-state index in [-0.39, 0.29) is 18.8 Å². The van der Waals surface area contributed by atoms with E-state index in [0.717, 1.165) is 29.4 Å². The van der Waals surface area contributed by atoms with Crippen LogP contribution in [0.1, 0.15) is 19.4 Å². The second kappa shape index (κ2) is 7.45. The molecular weight excluding hydrogens is 290 g/mol. The molecule has 0 spiro atoms. The number of nitrogens with zero attached hydrogens (tertiary/aromatic N) is 1. The Morgan fingerprint density at radius 2 is 2.05 bits per heavy atom. The molecule has 0 saturated carbocycles. The van der Waals surface area contributed by atoms with Gasteiger partial charge in [0.15, 0.2) is 0 Å². The SMILES string of the molecule is Cc1cc(OC[C@H](O)CN2C[C@H](C)O[C@@H](C)C2)ccc1Cl. The second-order valence-corrected chi connectivity index (χ2v) is 6.26. The minimum Gasteiger partial charge on any atom is -0.491 e. The average Bonchev–Trinajstić information content (AvgIpc) is 2.39. The minimum absolute atomic E-state index is 0.209. The van der Waals surface area contributed by atoms with Gasteiger partial charge in [0.1, 0.15) is 18.5 Å². The Morgan fingerprint density at radius 1 is 1.38 bits per heavy atom. The molecule has 1 saturated heterocycles. The van der Waals surface area contributed by atoms with Gasteiger partial charge in [-0.25, -0.2) is 0 Å². The van der Waals surface area contributed by atoms with Crippen LogP contribution >= 0.6 is 11.6 Å². The van der Waals surface area contributed by atoms with Crippen molar-refractivity contribution >= 4 is 11.6 Å². The number of hydrogen-bond donors (Lipinski definition) is 1. The molecule has 0 unspecified atom stereocenters. The molecule has 0 amide bonds. The molecule has 1 fully saturated rings. The van der Waals surface area contributed by atoms with Crippen LogP contribution in [0.15, 0.2) is 18.2 Å². The maximum absolute atomic E-state index is 10.1. The third kappa shape index (κ3) is 5.15. The Labute approximate surface area is 131 Å². The molecule has 3 atom stereocenters. The summed E-state index contributed by atoms with van der Waals surface area (Å²) in [5, 5.41) is 10.8. The standard InChI is InChI=1S/C16H24ClNO3/c1-11-6-15(4-5-16(11)17)20-10-14(19)9-18-7-12(2)21-13(3)8-18/h4-6,12-14,19H,7-10H2,1-3H3/t12-,13-,14+/m0/s1. The van der Waals surface area contributed by atoms with Crippen molar-refractivity contribution in [3.63, 3.8) is 0 Å². The van der Waals surface area contributed by atoms with Crippen molar-refractivity contribution in [3.05, 3.63) is 28.8 Å². The summed E-state index contributed by atoms with van der Waals surface area (Å²) in [7, 11) is 0. The van der Waals surface area contributed by atoms with Gasteiger partial charge < -0.3 is 14.6 Å². The van der Waals surface area contributed by atoms with Crippen LogP contribution in [0.25, 0.3) is 0 Å². The quantitative estimate of drug-likeness (QED) is 0.907. The fraction of sp³-hybridized carbons (Fsp3) is 0.625. The van der Waals surface area contributed by atoms with Gasteiger partial charge in [-0.2, -0.15) is 0 Å². The maximum Gasteiger partial charge on any atom is 0.119 e. The molecule has 0 bridgehead atoms. The molecule has 2 rings (SSSR count). The van der Waals surface area contributed by atoms with Crippen molar-refractivity contribution in [1.82, 2.24) is 4.90 Å². The first kappa shape index (κ1) is 16.6. The number of rotatable bonds is 5. The number of benzene rings is 1. The predicted octanol–water partition coefficient (Wildman–Crippen LogP) is 2.50. The highest BCUT2D eigenvalue weighted by molar-refractivity contribution is 6.31. The molecule has 21 heavy (non-hydrogen) atoms. The maximum atomic E-state index is 10.1. The van der Waals surface area contributed by atoms with Crippen molar-refractivity contribution < 1.29 is 14.6 Å². The van der Waals surface area contributed by atoms with E-state index in [2.05, 4.69) is 18.7 Å². The Hall–Kier alpha value is -0.810. The van der Waals surface area contributed by atoms with E-state index in [4.69, 9.17) is 21.1 Å². The van der Waals surface area contributed by atoms with Crippen LogP contribution in [0.4, 0.5) is 0 Å². The number of β-amino-alcohol motifs (C(OH)–C–C–N with tert-alkyl or cyclic N) is 1. The van der Waals surface area contributed by atoms with Crippen LogP contribution in [-0.2, 0) is 4.74 Å². The smallest absolute Gasteiger partial charge is 0.119 e. The molecular formula is C16H24ClNO3. The number of morpholine rings is 1. The van der Waals surface area contributed by atoms with Gasteiger partial charge in [-0.1, -0.05) is 11.6 Å². The number of hydrogen-bond acceptors (Lipinski definition) is 4. The van der Waals surface area contributed by atoms with Crippen molar-refractivity contribution in [3.8, 4) is 5.75 Å². The normalized spacial score (nSPS) is 24.8. The molecule has 0 aromatic heterocycles. The molecule has 0 aliphatic carbocycles. The summed E-state index contributed by atoms with van der Waals surface area (Å²) in [5.74, 6) is 0.736. The Bertz CT molecular complexity index is 459. The third-order valence-corrected chi connectivity index (χ3v) is 3.96. The van der Waals surface area contributed by atoms with Crippen LogP contribution in [-0.4, -0.2) is 54.6 Å². The highest BCUT2D eigenvalue weighted by atomic mass is 35.5. The lowest BCUT2D eigenvalue weighted by Gasteiger charge is -2.36. The van der Waals surface area contributed by atoms with E-state index in [1.54, 1.807) is 0 Å².